The Bertz CT molecular complexity index is 874. The van der Waals surface area contributed by atoms with E-state index in [0.717, 1.165) is 5.56 Å². The number of nitrogens with one attached hydrogen (secondary N) is 1. The molecule has 126 valence electrons. The Balaban J connectivity index is 1.74. The number of hydrogen-bond acceptors (Lipinski definition) is 5. The fourth-order valence-electron chi connectivity index (χ4n) is 2.33. The molecule has 0 atom stereocenters. The van der Waals surface area contributed by atoms with Crippen LogP contribution >= 0.6 is 11.3 Å². The summed E-state index contributed by atoms with van der Waals surface area (Å²) in [5.41, 5.74) is 1.61. The first-order valence-electron chi connectivity index (χ1n) is 7.63. The number of hydrogen-bond donors (Lipinski definition) is 1. The van der Waals surface area contributed by atoms with Crippen LogP contribution in [-0.2, 0) is 6.54 Å². The average Bonchev–Trinajstić information content (AvgIpc) is 3.20. The molecule has 25 heavy (non-hydrogen) atoms. The van der Waals surface area contributed by atoms with Crippen molar-refractivity contribution in [1.82, 2.24) is 10.3 Å². The number of ketones is 1. The van der Waals surface area contributed by atoms with Crippen LogP contribution in [0.15, 0.2) is 60.1 Å². The van der Waals surface area contributed by atoms with Crippen LogP contribution in [-0.4, -0.2) is 23.8 Å². The lowest BCUT2D eigenvalue weighted by Crippen LogP contribution is -2.25. The van der Waals surface area contributed by atoms with Crippen molar-refractivity contribution in [1.29, 1.82) is 0 Å². The van der Waals surface area contributed by atoms with Crippen molar-refractivity contribution in [3.8, 4) is 5.88 Å². The molecule has 1 aromatic carbocycles. The molecule has 0 aliphatic rings. The largest absolute Gasteiger partial charge is 0.481 e. The van der Waals surface area contributed by atoms with Crippen LogP contribution in [0, 0.1) is 0 Å². The van der Waals surface area contributed by atoms with Gasteiger partial charge in [-0.2, -0.15) is 0 Å². The predicted octanol–water partition coefficient (Wildman–Crippen LogP) is 3.31. The lowest BCUT2D eigenvalue weighted by atomic mass is 10.0. The molecule has 0 saturated carbocycles. The van der Waals surface area contributed by atoms with E-state index in [1.165, 1.54) is 11.3 Å². The fraction of sp³-hybridized carbons (Fsp3) is 0.105. The van der Waals surface area contributed by atoms with Gasteiger partial charge in [-0.05, 0) is 23.1 Å². The first kappa shape index (κ1) is 16.9. The van der Waals surface area contributed by atoms with Gasteiger partial charge in [0, 0.05) is 24.4 Å². The van der Waals surface area contributed by atoms with Crippen molar-refractivity contribution in [2.24, 2.45) is 0 Å². The highest BCUT2D eigenvalue weighted by Gasteiger charge is 2.18. The molecule has 3 rings (SSSR count). The summed E-state index contributed by atoms with van der Waals surface area (Å²) in [6.45, 7) is 0.317. The van der Waals surface area contributed by atoms with Crippen LogP contribution in [0.1, 0.15) is 31.2 Å². The van der Waals surface area contributed by atoms with Gasteiger partial charge in [0.15, 0.2) is 0 Å². The monoisotopic (exact) mass is 352 g/mol. The molecule has 3 aromatic rings. The zero-order chi connectivity index (χ0) is 17.6. The van der Waals surface area contributed by atoms with Gasteiger partial charge in [-0.25, -0.2) is 4.98 Å². The summed E-state index contributed by atoms with van der Waals surface area (Å²) in [4.78, 5) is 29.8. The number of pyridine rings is 1. The molecule has 0 unspecified atom stereocenters. The van der Waals surface area contributed by atoms with Crippen LogP contribution in [0.4, 0.5) is 0 Å². The number of nitrogens with zero attached hydrogens (tertiary/aromatic N) is 1. The number of methoxy groups -OCH3 is 1. The molecule has 0 spiro atoms. The van der Waals surface area contributed by atoms with Gasteiger partial charge in [0.25, 0.3) is 5.91 Å². The van der Waals surface area contributed by atoms with Crippen molar-refractivity contribution in [3.63, 3.8) is 0 Å². The zero-order valence-electron chi connectivity index (χ0n) is 13.6. The third kappa shape index (κ3) is 3.92. The summed E-state index contributed by atoms with van der Waals surface area (Å²) in [6.07, 6.45) is 1.64. The van der Waals surface area contributed by atoms with Crippen molar-refractivity contribution in [2.75, 3.05) is 7.11 Å². The Kier molecular flexibility index (Phi) is 5.20. The first-order chi connectivity index (χ1) is 12.2. The van der Waals surface area contributed by atoms with E-state index in [-0.39, 0.29) is 11.7 Å². The molecule has 2 heterocycles. The average molecular weight is 352 g/mol. The van der Waals surface area contributed by atoms with E-state index in [4.69, 9.17) is 4.74 Å². The maximum Gasteiger partial charge on any atom is 0.252 e. The van der Waals surface area contributed by atoms with Crippen molar-refractivity contribution < 1.29 is 14.3 Å². The van der Waals surface area contributed by atoms with Crippen molar-refractivity contribution in [2.45, 2.75) is 6.54 Å². The second kappa shape index (κ2) is 7.72. The number of carbonyl (C=O) groups is 2. The lowest BCUT2D eigenvalue weighted by molar-refractivity contribution is 0.0940. The molecule has 0 aliphatic carbocycles. The second-order valence-electron chi connectivity index (χ2n) is 5.24. The summed E-state index contributed by atoms with van der Waals surface area (Å²) >= 11 is 1.36. The molecule has 5 nitrogen and oxygen atoms in total. The summed E-state index contributed by atoms with van der Waals surface area (Å²) in [7, 11) is 1.55. The number of thiophene rings is 1. The van der Waals surface area contributed by atoms with Crippen molar-refractivity contribution in [3.05, 3.63) is 81.7 Å². The molecular weight excluding hydrogens is 336 g/mol. The number of benzene rings is 1. The van der Waals surface area contributed by atoms with Gasteiger partial charge in [0.05, 0.1) is 17.6 Å². The quantitative estimate of drug-likeness (QED) is 0.691. The van der Waals surface area contributed by atoms with E-state index < -0.39 is 0 Å². The SMILES string of the molecule is COc1ccc(CNC(=O)c2ccccc2C(=O)c2cccs2)cn1. The zero-order valence-corrected chi connectivity index (χ0v) is 14.4. The van der Waals surface area contributed by atoms with Crippen LogP contribution < -0.4 is 10.1 Å². The van der Waals surface area contributed by atoms with Gasteiger partial charge in [-0.1, -0.05) is 30.3 Å². The topological polar surface area (TPSA) is 68.3 Å². The maximum absolute atomic E-state index is 12.6. The Hall–Kier alpha value is -2.99. The highest BCUT2D eigenvalue weighted by Crippen LogP contribution is 2.18. The molecule has 0 aliphatic heterocycles. The molecular formula is C19H16N2O3S. The molecule has 0 radical (unpaired) electrons. The van der Waals surface area contributed by atoms with E-state index in [1.807, 2.05) is 17.5 Å². The minimum atomic E-state index is -0.295. The summed E-state index contributed by atoms with van der Waals surface area (Å²) < 4.78 is 5.01. The van der Waals surface area contributed by atoms with Gasteiger partial charge < -0.3 is 10.1 Å². The summed E-state index contributed by atoms with van der Waals surface area (Å²) in [5, 5.41) is 4.66. The molecule has 6 heteroatoms. The third-order valence-electron chi connectivity index (χ3n) is 3.62. The minimum absolute atomic E-state index is 0.146. The number of carbonyl (C=O) groups excluding carboxylic acids is 2. The molecule has 1 N–H and O–H groups in total. The number of ether oxygens (including phenoxy) is 1. The normalized spacial score (nSPS) is 10.3. The van der Waals surface area contributed by atoms with Gasteiger partial charge in [-0.15, -0.1) is 11.3 Å². The second-order valence-corrected chi connectivity index (χ2v) is 6.19. The molecule has 0 saturated heterocycles. The van der Waals surface area contributed by atoms with E-state index in [2.05, 4.69) is 10.3 Å². The lowest BCUT2D eigenvalue weighted by Gasteiger charge is -2.09. The van der Waals surface area contributed by atoms with Gasteiger partial charge in [-0.3, -0.25) is 9.59 Å². The van der Waals surface area contributed by atoms with Crippen LogP contribution in [0.3, 0.4) is 0 Å². The third-order valence-corrected chi connectivity index (χ3v) is 4.49. The highest BCUT2D eigenvalue weighted by molar-refractivity contribution is 7.12. The minimum Gasteiger partial charge on any atom is -0.481 e. The summed E-state index contributed by atoms with van der Waals surface area (Å²) in [5.74, 6) is 0.0742. The van der Waals surface area contributed by atoms with Gasteiger partial charge >= 0.3 is 0 Å². The van der Waals surface area contributed by atoms with Crippen LogP contribution in [0.5, 0.6) is 5.88 Å². The van der Waals surface area contributed by atoms with Gasteiger partial charge in [0.1, 0.15) is 0 Å². The molecule has 2 aromatic heterocycles. The number of amides is 1. The fourth-order valence-corrected chi connectivity index (χ4v) is 3.01. The Morgan fingerprint density at radius 1 is 1.08 bits per heavy atom. The number of rotatable bonds is 6. The number of aromatic nitrogens is 1. The van der Waals surface area contributed by atoms with Gasteiger partial charge in [0.2, 0.25) is 11.7 Å². The summed E-state index contributed by atoms with van der Waals surface area (Å²) in [6, 6.07) is 14.0. The van der Waals surface area contributed by atoms with E-state index in [1.54, 1.807) is 49.7 Å². The maximum atomic E-state index is 12.6. The van der Waals surface area contributed by atoms with E-state index in [0.29, 0.717) is 28.4 Å². The van der Waals surface area contributed by atoms with Crippen LogP contribution in [0.2, 0.25) is 0 Å². The predicted molar refractivity (Wildman–Crippen MR) is 96.2 cm³/mol. The standard InChI is InChI=1S/C19H16N2O3S/c1-24-17-9-8-13(11-20-17)12-21-19(23)15-6-3-2-5-14(15)18(22)16-7-4-10-25-16/h2-11H,12H2,1H3,(H,21,23). The highest BCUT2D eigenvalue weighted by atomic mass is 32.1. The Morgan fingerprint density at radius 2 is 1.88 bits per heavy atom. The van der Waals surface area contributed by atoms with E-state index in [9.17, 15) is 9.59 Å². The Labute approximate surface area is 149 Å². The first-order valence-corrected chi connectivity index (χ1v) is 8.51. The van der Waals surface area contributed by atoms with Crippen molar-refractivity contribution >= 4 is 23.0 Å². The molecule has 0 fully saturated rings. The van der Waals surface area contributed by atoms with Crippen LogP contribution in [0.25, 0.3) is 0 Å². The smallest absolute Gasteiger partial charge is 0.252 e. The van der Waals surface area contributed by atoms with E-state index >= 15 is 0 Å². The molecule has 1 amide bonds. The molecule has 0 bridgehead atoms. The Morgan fingerprint density at radius 3 is 2.52 bits per heavy atom.